The summed E-state index contributed by atoms with van der Waals surface area (Å²) in [5, 5.41) is 8.50. The number of Topliss-reactive ketones (excluding diaryl/α,β-unsaturated/α-hetero) is 1. The standard InChI is InChI=1S/C10H15NO/c11-8-7-9-5-3-1-2-4-6-10(9)12/h9H,1-7H2. The summed E-state index contributed by atoms with van der Waals surface area (Å²) in [6, 6.07) is 2.10. The van der Waals surface area contributed by atoms with Crippen LogP contribution in [0, 0.1) is 17.2 Å². The van der Waals surface area contributed by atoms with Crippen molar-refractivity contribution in [3.63, 3.8) is 0 Å². The second kappa shape index (κ2) is 4.92. The predicted octanol–water partition coefficient (Wildman–Crippen LogP) is 2.44. The molecule has 0 bridgehead atoms. The van der Waals surface area contributed by atoms with E-state index in [4.69, 9.17) is 5.26 Å². The van der Waals surface area contributed by atoms with E-state index >= 15 is 0 Å². The molecule has 2 nitrogen and oxygen atoms in total. The molecule has 1 atom stereocenters. The zero-order chi connectivity index (χ0) is 8.81. The monoisotopic (exact) mass is 165 g/mol. The van der Waals surface area contributed by atoms with Crippen molar-refractivity contribution in [2.24, 2.45) is 5.92 Å². The third kappa shape index (κ3) is 2.65. The first-order valence-corrected chi connectivity index (χ1v) is 4.74. The van der Waals surface area contributed by atoms with Gasteiger partial charge < -0.3 is 0 Å². The fourth-order valence-corrected chi connectivity index (χ4v) is 1.73. The van der Waals surface area contributed by atoms with Crippen molar-refractivity contribution in [1.82, 2.24) is 0 Å². The van der Waals surface area contributed by atoms with Crippen LogP contribution in [-0.2, 0) is 4.79 Å². The SMILES string of the molecule is N#CCC1CCCCCCC1=O. The van der Waals surface area contributed by atoms with Crippen LogP contribution in [0.15, 0.2) is 0 Å². The summed E-state index contributed by atoms with van der Waals surface area (Å²) < 4.78 is 0. The van der Waals surface area contributed by atoms with Crippen LogP contribution in [0.2, 0.25) is 0 Å². The van der Waals surface area contributed by atoms with Crippen LogP contribution < -0.4 is 0 Å². The van der Waals surface area contributed by atoms with E-state index in [1.807, 2.05) is 0 Å². The third-order valence-electron chi connectivity index (χ3n) is 2.52. The Morgan fingerprint density at radius 3 is 2.83 bits per heavy atom. The van der Waals surface area contributed by atoms with Gasteiger partial charge >= 0.3 is 0 Å². The van der Waals surface area contributed by atoms with Gasteiger partial charge in [0, 0.05) is 18.8 Å². The van der Waals surface area contributed by atoms with Gasteiger partial charge in [-0.1, -0.05) is 19.3 Å². The molecule has 1 aliphatic carbocycles. The maximum Gasteiger partial charge on any atom is 0.137 e. The molecule has 12 heavy (non-hydrogen) atoms. The van der Waals surface area contributed by atoms with Crippen LogP contribution in [-0.4, -0.2) is 5.78 Å². The third-order valence-corrected chi connectivity index (χ3v) is 2.52. The highest BCUT2D eigenvalue weighted by Gasteiger charge is 2.18. The van der Waals surface area contributed by atoms with Crippen molar-refractivity contribution >= 4 is 5.78 Å². The number of carbonyl (C=O) groups excluding carboxylic acids is 1. The van der Waals surface area contributed by atoms with Crippen LogP contribution in [0.1, 0.15) is 44.9 Å². The smallest absolute Gasteiger partial charge is 0.137 e. The molecule has 2 heteroatoms. The molecule has 1 unspecified atom stereocenters. The van der Waals surface area contributed by atoms with Gasteiger partial charge in [0.25, 0.3) is 0 Å². The minimum absolute atomic E-state index is 0.0512. The first-order chi connectivity index (χ1) is 5.84. The van der Waals surface area contributed by atoms with Gasteiger partial charge in [-0.2, -0.15) is 5.26 Å². The van der Waals surface area contributed by atoms with Crippen molar-refractivity contribution in [3.05, 3.63) is 0 Å². The van der Waals surface area contributed by atoms with E-state index in [-0.39, 0.29) is 5.92 Å². The van der Waals surface area contributed by atoms with Crippen molar-refractivity contribution in [3.8, 4) is 6.07 Å². The van der Waals surface area contributed by atoms with Gasteiger partial charge in [0.1, 0.15) is 5.78 Å². The highest BCUT2D eigenvalue weighted by Crippen LogP contribution is 2.21. The number of nitrogens with zero attached hydrogens (tertiary/aromatic N) is 1. The molecule has 1 saturated carbocycles. The molecule has 0 heterocycles. The predicted molar refractivity (Wildman–Crippen MR) is 46.4 cm³/mol. The van der Waals surface area contributed by atoms with E-state index in [0.29, 0.717) is 18.6 Å². The summed E-state index contributed by atoms with van der Waals surface area (Å²) in [4.78, 5) is 11.4. The lowest BCUT2D eigenvalue weighted by Crippen LogP contribution is -2.15. The van der Waals surface area contributed by atoms with Crippen LogP contribution in [0.25, 0.3) is 0 Å². The fourth-order valence-electron chi connectivity index (χ4n) is 1.73. The number of carbonyl (C=O) groups is 1. The Kier molecular flexibility index (Phi) is 3.79. The molecule has 0 saturated heterocycles. The highest BCUT2D eigenvalue weighted by molar-refractivity contribution is 5.81. The molecule has 0 radical (unpaired) electrons. The van der Waals surface area contributed by atoms with Crippen LogP contribution >= 0.6 is 0 Å². The molecule has 0 spiro atoms. The summed E-state index contributed by atoms with van der Waals surface area (Å²) in [6.07, 6.45) is 6.64. The molecule has 66 valence electrons. The van der Waals surface area contributed by atoms with E-state index in [2.05, 4.69) is 6.07 Å². The average molecular weight is 165 g/mol. The summed E-state index contributed by atoms with van der Waals surface area (Å²) in [5.74, 6) is 0.367. The molecule has 0 aromatic carbocycles. The van der Waals surface area contributed by atoms with Gasteiger partial charge in [-0.05, 0) is 12.8 Å². The van der Waals surface area contributed by atoms with Gasteiger partial charge in [-0.25, -0.2) is 0 Å². The minimum Gasteiger partial charge on any atom is -0.299 e. The van der Waals surface area contributed by atoms with E-state index in [0.717, 1.165) is 19.3 Å². The molecule has 0 aromatic heterocycles. The zero-order valence-electron chi connectivity index (χ0n) is 7.38. The van der Waals surface area contributed by atoms with Crippen molar-refractivity contribution < 1.29 is 4.79 Å². The Bertz CT molecular complexity index is 193. The number of hydrogen-bond acceptors (Lipinski definition) is 2. The van der Waals surface area contributed by atoms with Gasteiger partial charge in [-0.15, -0.1) is 0 Å². The van der Waals surface area contributed by atoms with Gasteiger partial charge in [0.05, 0.1) is 6.07 Å². The fraction of sp³-hybridized carbons (Fsp3) is 0.800. The normalized spacial score (nSPS) is 25.6. The lowest BCUT2D eigenvalue weighted by molar-refractivity contribution is -0.123. The highest BCUT2D eigenvalue weighted by atomic mass is 16.1. The number of ketones is 1. The molecular weight excluding hydrogens is 150 g/mol. The van der Waals surface area contributed by atoms with E-state index in [9.17, 15) is 4.79 Å². The van der Waals surface area contributed by atoms with Crippen molar-refractivity contribution in [2.75, 3.05) is 0 Å². The molecule has 0 amide bonds. The van der Waals surface area contributed by atoms with Gasteiger partial charge in [0.15, 0.2) is 0 Å². The van der Waals surface area contributed by atoms with Gasteiger partial charge in [0.2, 0.25) is 0 Å². The average Bonchev–Trinajstić information content (AvgIpc) is 2.05. The molecule has 1 fully saturated rings. The van der Waals surface area contributed by atoms with E-state index in [1.165, 1.54) is 12.8 Å². The lowest BCUT2D eigenvalue weighted by atomic mass is 9.88. The molecule has 0 N–H and O–H groups in total. The number of rotatable bonds is 1. The lowest BCUT2D eigenvalue weighted by Gasteiger charge is -2.15. The topological polar surface area (TPSA) is 40.9 Å². The minimum atomic E-state index is 0.0512. The van der Waals surface area contributed by atoms with E-state index in [1.54, 1.807) is 0 Å². The first kappa shape index (κ1) is 9.25. The second-order valence-corrected chi connectivity index (χ2v) is 3.48. The van der Waals surface area contributed by atoms with Crippen LogP contribution in [0.3, 0.4) is 0 Å². The molecule has 0 aromatic rings. The van der Waals surface area contributed by atoms with Crippen molar-refractivity contribution in [2.45, 2.75) is 44.9 Å². The maximum atomic E-state index is 11.4. The van der Waals surface area contributed by atoms with Crippen molar-refractivity contribution in [1.29, 1.82) is 5.26 Å². The van der Waals surface area contributed by atoms with Crippen LogP contribution in [0.4, 0.5) is 0 Å². The summed E-state index contributed by atoms with van der Waals surface area (Å²) >= 11 is 0. The first-order valence-electron chi connectivity index (χ1n) is 4.74. The number of hydrogen-bond donors (Lipinski definition) is 0. The Morgan fingerprint density at radius 2 is 2.08 bits per heavy atom. The quantitative estimate of drug-likeness (QED) is 0.598. The Morgan fingerprint density at radius 1 is 1.33 bits per heavy atom. The van der Waals surface area contributed by atoms with E-state index < -0.39 is 0 Å². The Balaban J connectivity index is 2.44. The maximum absolute atomic E-state index is 11.4. The Hall–Kier alpha value is -0.840. The molecular formula is C10H15NO. The molecule has 0 aliphatic heterocycles. The largest absolute Gasteiger partial charge is 0.299 e. The van der Waals surface area contributed by atoms with Gasteiger partial charge in [-0.3, -0.25) is 4.79 Å². The molecule has 1 aliphatic rings. The molecule has 1 rings (SSSR count). The second-order valence-electron chi connectivity index (χ2n) is 3.48. The summed E-state index contributed by atoms with van der Waals surface area (Å²) in [5.41, 5.74) is 0. The van der Waals surface area contributed by atoms with Crippen LogP contribution in [0.5, 0.6) is 0 Å². The zero-order valence-corrected chi connectivity index (χ0v) is 7.38. The summed E-state index contributed by atoms with van der Waals surface area (Å²) in [6.45, 7) is 0. The number of nitriles is 1. The Labute approximate surface area is 73.6 Å². The summed E-state index contributed by atoms with van der Waals surface area (Å²) in [7, 11) is 0.